The molecule has 170 valence electrons. The van der Waals surface area contributed by atoms with E-state index in [9.17, 15) is 13.2 Å². The Morgan fingerprint density at radius 2 is 1.65 bits per heavy atom. The molecule has 0 atom stereocenters. The maximum Gasteiger partial charge on any atom is 0.416 e. The fraction of sp³-hybridized carbons (Fsp3) is 0.0870. The van der Waals surface area contributed by atoms with E-state index in [0.717, 1.165) is 17.8 Å². The standard InChI is InChI=1S/C23H17F3N8/c24-23(25,26)16-8-6-15(7-9-16)13-34-14-29-19-20(30-17-4-2-1-3-5-17)32-22(33-21(19)34)31-18-12-27-10-11-28-18/h1-12,14H,13H2,(H2,28,30,31,32,33). The maximum atomic E-state index is 12.9. The topological polar surface area (TPSA) is 93.4 Å². The highest BCUT2D eigenvalue weighted by atomic mass is 19.4. The Balaban J connectivity index is 1.52. The van der Waals surface area contributed by atoms with Crippen molar-refractivity contribution >= 4 is 34.4 Å². The lowest BCUT2D eigenvalue weighted by Crippen LogP contribution is -2.07. The van der Waals surface area contributed by atoms with Crippen LogP contribution in [0.3, 0.4) is 0 Å². The molecule has 0 aliphatic heterocycles. The molecule has 8 nitrogen and oxygen atoms in total. The van der Waals surface area contributed by atoms with Crippen molar-refractivity contribution < 1.29 is 13.2 Å². The highest BCUT2D eigenvalue weighted by Crippen LogP contribution is 2.30. The van der Waals surface area contributed by atoms with Crippen LogP contribution in [0.1, 0.15) is 11.1 Å². The number of imidazole rings is 1. The van der Waals surface area contributed by atoms with Gasteiger partial charge in [-0.1, -0.05) is 30.3 Å². The molecule has 0 radical (unpaired) electrons. The van der Waals surface area contributed by atoms with E-state index >= 15 is 0 Å². The Morgan fingerprint density at radius 1 is 0.853 bits per heavy atom. The number of nitrogens with one attached hydrogen (secondary N) is 2. The molecule has 5 aromatic rings. The first-order chi connectivity index (χ1) is 16.5. The van der Waals surface area contributed by atoms with Crippen LogP contribution >= 0.6 is 0 Å². The van der Waals surface area contributed by atoms with Crippen LogP contribution in [0.15, 0.2) is 79.5 Å². The van der Waals surface area contributed by atoms with Gasteiger partial charge in [-0.15, -0.1) is 0 Å². The SMILES string of the molecule is FC(F)(F)c1ccc(Cn2cnc3c(Nc4ccccc4)nc(Nc4cnccn4)nc32)cc1. The fourth-order valence-corrected chi connectivity index (χ4v) is 3.34. The predicted molar refractivity (Wildman–Crippen MR) is 121 cm³/mol. The quantitative estimate of drug-likeness (QED) is 0.360. The van der Waals surface area contributed by atoms with Crippen molar-refractivity contribution in [1.82, 2.24) is 29.5 Å². The molecule has 0 aliphatic carbocycles. The van der Waals surface area contributed by atoms with Crippen molar-refractivity contribution in [2.24, 2.45) is 0 Å². The molecule has 5 rings (SSSR count). The Kier molecular flexibility index (Phi) is 5.50. The molecule has 0 bridgehead atoms. The van der Waals surface area contributed by atoms with Gasteiger partial charge in [-0.25, -0.2) is 9.97 Å². The van der Waals surface area contributed by atoms with Crippen molar-refractivity contribution in [2.45, 2.75) is 12.7 Å². The van der Waals surface area contributed by atoms with E-state index in [-0.39, 0.29) is 12.5 Å². The summed E-state index contributed by atoms with van der Waals surface area (Å²) in [6.45, 7) is 0.279. The summed E-state index contributed by atoms with van der Waals surface area (Å²) in [6.07, 6.45) is 1.83. The number of para-hydroxylation sites is 1. The first kappa shape index (κ1) is 21.3. The minimum Gasteiger partial charge on any atom is -0.338 e. The van der Waals surface area contributed by atoms with Gasteiger partial charge in [-0.2, -0.15) is 23.1 Å². The Bertz CT molecular complexity index is 1400. The van der Waals surface area contributed by atoms with Crippen LogP contribution in [0.4, 0.5) is 36.4 Å². The molecule has 0 amide bonds. The van der Waals surface area contributed by atoms with Crippen molar-refractivity contribution in [2.75, 3.05) is 10.6 Å². The molecule has 0 saturated carbocycles. The van der Waals surface area contributed by atoms with Crippen LogP contribution in [-0.2, 0) is 12.7 Å². The van der Waals surface area contributed by atoms with Gasteiger partial charge in [0.15, 0.2) is 22.8 Å². The second-order valence-corrected chi connectivity index (χ2v) is 7.34. The van der Waals surface area contributed by atoms with Crippen molar-refractivity contribution in [1.29, 1.82) is 0 Å². The van der Waals surface area contributed by atoms with Crippen molar-refractivity contribution in [3.63, 3.8) is 0 Å². The molecular weight excluding hydrogens is 445 g/mol. The summed E-state index contributed by atoms with van der Waals surface area (Å²) < 4.78 is 40.4. The Hall–Kier alpha value is -4.54. The Morgan fingerprint density at radius 3 is 2.35 bits per heavy atom. The molecule has 0 fully saturated rings. The number of fused-ring (bicyclic) bond motifs is 1. The number of benzene rings is 2. The molecule has 0 spiro atoms. The molecule has 0 aliphatic rings. The Labute approximate surface area is 191 Å². The van der Waals surface area contributed by atoms with E-state index in [1.165, 1.54) is 18.3 Å². The second kappa shape index (κ2) is 8.77. The third kappa shape index (κ3) is 4.63. The van der Waals surface area contributed by atoms with Gasteiger partial charge in [0.2, 0.25) is 5.95 Å². The summed E-state index contributed by atoms with van der Waals surface area (Å²) in [7, 11) is 0. The molecular formula is C23H17F3N8. The van der Waals surface area contributed by atoms with E-state index in [1.807, 2.05) is 30.3 Å². The lowest BCUT2D eigenvalue weighted by atomic mass is 10.1. The van der Waals surface area contributed by atoms with E-state index < -0.39 is 11.7 Å². The lowest BCUT2D eigenvalue weighted by molar-refractivity contribution is -0.137. The molecule has 3 heterocycles. The summed E-state index contributed by atoms with van der Waals surface area (Å²) in [5.41, 5.74) is 1.80. The average molecular weight is 462 g/mol. The highest BCUT2D eigenvalue weighted by Gasteiger charge is 2.30. The lowest BCUT2D eigenvalue weighted by Gasteiger charge is -2.11. The van der Waals surface area contributed by atoms with Gasteiger partial charge >= 0.3 is 6.18 Å². The summed E-state index contributed by atoms with van der Waals surface area (Å²) in [4.78, 5) is 21.8. The van der Waals surface area contributed by atoms with Crippen molar-refractivity contribution in [3.8, 4) is 0 Å². The number of hydrogen-bond donors (Lipinski definition) is 2. The maximum absolute atomic E-state index is 12.9. The van der Waals surface area contributed by atoms with Gasteiger partial charge in [0.05, 0.1) is 24.6 Å². The highest BCUT2D eigenvalue weighted by molar-refractivity contribution is 5.86. The van der Waals surface area contributed by atoms with E-state index in [2.05, 4.69) is 35.6 Å². The van der Waals surface area contributed by atoms with Crippen LogP contribution in [0.25, 0.3) is 11.2 Å². The monoisotopic (exact) mass is 462 g/mol. The van der Waals surface area contributed by atoms with Crippen LogP contribution in [0, 0.1) is 0 Å². The zero-order valence-corrected chi connectivity index (χ0v) is 17.5. The zero-order valence-electron chi connectivity index (χ0n) is 17.5. The molecule has 2 N–H and O–H groups in total. The van der Waals surface area contributed by atoms with Gasteiger partial charge in [-0.3, -0.25) is 4.98 Å². The first-order valence-electron chi connectivity index (χ1n) is 10.2. The van der Waals surface area contributed by atoms with Gasteiger partial charge in [0.25, 0.3) is 0 Å². The number of alkyl halides is 3. The predicted octanol–water partition coefficient (Wildman–Crippen LogP) is 5.17. The number of nitrogens with zero attached hydrogens (tertiary/aromatic N) is 6. The average Bonchev–Trinajstić information content (AvgIpc) is 3.23. The molecule has 0 unspecified atom stereocenters. The number of hydrogen-bond acceptors (Lipinski definition) is 7. The molecule has 11 heteroatoms. The van der Waals surface area contributed by atoms with Crippen LogP contribution in [0.5, 0.6) is 0 Å². The molecule has 3 aromatic heterocycles. The van der Waals surface area contributed by atoms with E-state index in [1.54, 1.807) is 23.3 Å². The summed E-state index contributed by atoms with van der Waals surface area (Å²) in [5, 5.41) is 6.27. The van der Waals surface area contributed by atoms with Crippen LogP contribution in [-0.4, -0.2) is 29.5 Å². The van der Waals surface area contributed by atoms with E-state index in [0.29, 0.717) is 28.4 Å². The van der Waals surface area contributed by atoms with Crippen LogP contribution < -0.4 is 10.6 Å². The summed E-state index contributed by atoms with van der Waals surface area (Å²) >= 11 is 0. The van der Waals surface area contributed by atoms with Gasteiger partial charge < -0.3 is 15.2 Å². The number of anilines is 4. The molecule has 0 saturated heterocycles. The van der Waals surface area contributed by atoms with Gasteiger partial charge in [0.1, 0.15) is 0 Å². The molecule has 34 heavy (non-hydrogen) atoms. The minimum atomic E-state index is -4.38. The summed E-state index contributed by atoms with van der Waals surface area (Å²) in [5.74, 6) is 1.19. The van der Waals surface area contributed by atoms with Crippen molar-refractivity contribution in [3.05, 3.63) is 90.6 Å². The van der Waals surface area contributed by atoms with E-state index in [4.69, 9.17) is 0 Å². The number of halogens is 3. The zero-order chi connectivity index (χ0) is 23.5. The molecule has 2 aromatic carbocycles. The third-order valence-electron chi connectivity index (χ3n) is 4.94. The normalized spacial score (nSPS) is 11.5. The number of aromatic nitrogens is 6. The smallest absolute Gasteiger partial charge is 0.338 e. The van der Waals surface area contributed by atoms with Crippen LogP contribution in [0.2, 0.25) is 0 Å². The third-order valence-corrected chi connectivity index (χ3v) is 4.94. The first-order valence-corrected chi connectivity index (χ1v) is 10.2. The largest absolute Gasteiger partial charge is 0.416 e. The fourth-order valence-electron chi connectivity index (χ4n) is 3.34. The minimum absolute atomic E-state index is 0.264. The number of rotatable bonds is 6. The second-order valence-electron chi connectivity index (χ2n) is 7.34. The van der Waals surface area contributed by atoms with Gasteiger partial charge in [-0.05, 0) is 29.8 Å². The summed E-state index contributed by atoms with van der Waals surface area (Å²) in [6, 6.07) is 14.5. The van der Waals surface area contributed by atoms with Gasteiger partial charge in [0, 0.05) is 18.1 Å².